The number of carbonyl (C=O) groups is 1. The average Bonchev–Trinajstić information content (AvgIpc) is 3.46. The third-order valence-electron chi connectivity index (χ3n) is 7.54. The number of halogens is 4. The van der Waals surface area contributed by atoms with Crippen LogP contribution in [0.25, 0.3) is 11.3 Å². The number of nitrogens with zero attached hydrogens (tertiary/aromatic N) is 5. The van der Waals surface area contributed by atoms with Crippen molar-refractivity contribution in [2.45, 2.75) is 55.4 Å². The fourth-order valence-corrected chi connectivity index (χ4v) is 5.97. The first-order valence-electron chi connectivity index (χ1n) is 12.8. The summed E-state index contributed by atoms with van der Waals surface area (Å²) < 4.78 is 41.1. The molecule has 3 aromatic rings. The van der Waals surface area contributed by atoms with E-state index < -0.39 is 71.8 Å². The lowest BCUT2D eigenvalue weighted by Crippen LogP contribution is -2.64. The smallest absolute Gasteiger partial charge is 0.259 e. The fraction of sp³-hybridized carbons (Fsp3) is 0.407. The molecule has 5 rings (SSSR count). The van der Waals surface area contributed by atoms with Gasteiger partial charge in [-0.1, -0.05) is 32.7 Å². The second-order valence-electron chi connectivity index (χ2n) is 10.0. The molecule has 222 valence electrons. The van der Waals surface area contributed by atoms with Gasteiger partial charge in [-0.05, 0) is 43.2 Å². The zero-order valence-electron chi connectivity index (χ0n) is 21.9. The van der Waals surface area contributed by atoms with Crippen LogP contribution in [0.3, 0.4) is 0 Å². The van der Waals surface area contributed by atoms with Crippen LogP contribution in [-0.2, 0) is 14.3 Å². The molecule has 42 heavy (non-hydrogen) atoms. The number of methoxy groups -OCH3 is 1. The molecule has 0 spiro atoms. The second-order valence-corrected chi connectivity index (χ2v) is 11.3. The first kappa shape index (κ1) is 30.4. The van der Waals surface area contributed by atoms with E-state index in [0.29, 0.717) is 23.0 Å². The number of aliphatic hydroxyl groups is 3. The van der Waals surface area contributed by atoms with Crippen molar-refractivity contribution < 1.29 is 38.4 Å². The van der Waals surface area contributed by atoms with Gasteiger partial charge in [0.15, 0.2) is 17.7 Å². The molecule has 0 radical (unpaired) electrons. The molecule has 1 aliphatic carbocycles. The molecule has 0 unspecified atom stereocenters. The number of hydrogen-bond donors (Lipinski definition) is 3. The van der Waals surface area contributed by atoms with Crippen molar-refractivity contribution in [2.24, 2.45) is 0 Å². The van der Waals surface area contributed by atoms with Gasteiger partial charge in [0.25, 0.3) is 5.91 Å². The number of anilines is 1. The van der Waals surface area contributed by atoms with Gasteiger partial charge in [0.05, 0.1) is 41.6 Å². The zero-order valence-corrected chi connectivity index (χ0v) is 24.3. The Bertz CT molecular complexity index is 1520. The highest BCUT2D eigenvalue weighted by Gasteiger charge is 2.52. The van der Waals surface area contributed by atoms with Crippen molar-refractivity contribution >= 4 is 39.1 Å². The van der Waals surface area contributed by atoms with Crippen LogP contribution in [0.15, 0.2) is 41.0 Å². The maximum atomic E-state index is 14.2. The van der Waals surface area contributed by atoms with Gasteiger partial charge in [-0.15, -0.1) is 5.10 Å². The number of aliphatic hydroxyl groups excluding tert-OH is 3. The highest BCUT2D eigenvalue weighted by Crippen LogP contribution is 2.38. The molecule has 3 N–H and O–H groups in total. The first-order valence-corrected chi connectivity index (χ1v) is 14.0. The minimum absolute atomic E-state index is 0.0881. The Morgan fingerprint density at radius 1 is 1.29 bits per heavy atom. The Morgan fingerprint density at radius 2 is 2.05 bits per heavy atom. The maximum absolute atomic E-state index is 14.2. The summed E-state index contributed by atoms with van der Waals surface area (Å²) >= 11 is 9.15. The molecule has 2 aromatic carbocycles. The average molecular weight is 669 g/mol. The van der Waals surface area contributed by atoms with E-state index in [1.165, 1.54) is 35.0 Å². The van der Waals surface area contributed by atoms with Crippen LogP contribution in [0.4, 0.5) is 14.5 Å². The number of amides is 1. The predicted molar refractivity (Wildman–Crippen MR) is 147 cm³/mol. The predicted octanol–water partition coefficient (Wildman–Crippen LogP) is 2.74. The zero-order chi connectivity index (χ0) is 30.3. The Kier molecular flexibility index (Phi) is 8.91. The molecule has 1 aromatic heterocycles. The number of nitriles is 1. The van der Waals surface area contributed by atoms with E-state index in [0.717, 1.165) is 6.07 Å². The summed E-state index contributed by atoms with van der Waals surface area (Å²) in [5, 5.41) is 48.8. The van der Waals surface area contributed by atoms with Gasteiger partial charge in [-0.3, -0.25) is 4.79 Å². The van der Waals surface area contributed by atoms with E-state index in [2.05, 4.69) is 26.2 Å². The van der Waals surface area contributed by atoms with Gasteiger partial charge >= 0.3 is 0 Å². The normalized spacial score (nSPS) is 27.3. The van der Waals surface area contributed by atoms with Gasteiger partial charge < -0.3 is 29.7 Å². The lowest BCUT2D eigenvalue weighted by atomic mass is 9.85. The van der Waals surface area contributed by atoms with Crippen LogP contribution in [0.5, 0.6) is 0 Å². The van der Waals surface area contributed by atoms with Crippen molar-refractivity contribution in [3.8, 4) is 17.3 Å². The van der Waals surface area contributed by atoms with E-state index in [-0.39, 0.29) is 16.8 Å². The van der Waals surface area contributed by atoms with Crippen molar-refractivity contribution in [3.05, 3.63) is 63.2 Å². The highest BCUT2D eigenvalue weighted by atomic mass is 79.9. The summed E-state index contributed by atoms with van der Waals surface area (Å²) in [4.78, 5) is 15.6. The summed E-state index contributed by atoms with van der Waals surface area (Å²) in [6.07, 6.45) is -3.86. The van der Waals surface area contributed by atoms with E-state index >= 15 is 0 Å². The summed E-state index contributed by atoms with van der Waals surface area (Å²) in [5.74, 6) is -3.05. The monoisotopic (exact) mass is 667 g/mol. The fourth-order valence-electron chi connectivity index (χ4n) is 5.28. The van der Waals surface area contributed by atoms with Crippen molar-refractivity contribution in [1.82, 2.24) is 15.0 Å². The van der Waals surface area contributed by atoms with Crippen molar-refractivity contribution in [2.75, 3.05) is 18.6 Å². The van der Waals surface area contributed by atoms with Gasteiger partial charge in [0, 0.05) is 22.8 Å². The minimum atomic E-state index is -1.44. The Balaban J connectivity index is 1.54. The summed E-state index contributed by atoms with van der Waals surface area (Å²) in [6, 6.07) is 7.04. The van der Waals surface area contributed by atoms with E-state index in [9.17, 15) is 34.2 Å². The molecule has 11 nitrogen and oxygen atoms in total. The summed E-state index contributed by atoms with van der Waals surface area (Å²) in [5.41, 5.74) is 0.799. The Labute approximate surface area is 251 Å². The molecule has 7 atom stereocenters. The highest BCUT2D eigenvalue weighted by molar-refractivity contribution is 9.10. The van der Waals surface area contributed by atoms with Gasteiger partial charge in [0.2, 0.25) is 0 Å². The third kappa shape index (κ3) is 5.53. The minimum Gasteiger partial charge on any atom is -0.394 e. The summed E-state index contributed by atoms with van der Waals surface area (Å²) in [7, 11) is 1.30. The number of hydrogen-bond acceptors (Lipinski definition) is 9. The lowest BCUT2D eigenvalue weighted by molar-refractivity contribution is -0.211. The topological polar surface area (TPSA) is 154 Å². The van der Waals surface area contributed by atoms with Gasteiger partial charge in [0.1, 0.15) is 30.0 Å². The SMILES string of the molecule is CO[C@@H]1[C@@H](n2cc(-c3cc(F)c(F)c(Cl)c3)nn2)[C@@H](O)[C@@H](CO)O[C@H]1C(=O)N(c1cc(Br)cc(C#N)c1)[C@H]1CC[C@@H]1O. The molecule has 2 fully saturated rings. The van der Waals surface area contributed by atoms with E-state index in [4.69, 9.17) is 21.1 Å². The molecule has 15 heteroatoms. The van der Waals surface area contributed by atoms with Crippen molar-refractivity contribution in [3.63, 3.8) is 0 Å². The molecular weight excluding hydrogens is 644 g/mol. The molecule has 2 aliphatic rings. The van der Waals surface area contributed by atoms with E-state index in [1.807, 2.05) is 6.07 Å². The van der Waals surface area contributed by atoms with Crippen LogP contribution < -0.4 is 4.90 Å². The number of carbonyl (C=O) groups excluding carboxylic acids is 1. The molecular formula is C27H25BrClF2N5O6. The van der Waals surface area contributed by atoms with Crippen LogP contribution >= 0.6 is 27.5 Å². The molecule has 1 amide bonds. The lowest BCUT2D eigenvalue weighted by Gasteiger charge is -2.47. The van der Waals surface area contributed by atoms with Gasteiger partial charge in [-0.2, -0.15) is 5.26 Å². The molecule has 1 saturated heterocycles. The standard InChI is InChI=1S/C27H25BrClF2N5O6/c1-41-25-23(35-10-18(33-34-35)13-6-16(29)22(31)17(30)7-13)24(39)21(11-37)42-26(25)27(40)36(19-2-3-20(19)38)15-5-12(9-32)4-14(28)8-15/h4-8,10,19-21,23-26,37-39H,2-3,11H2,1H3/t19-,20-,21+,23-,24-,25+,26+/m0/s1. The largest absolute Gasteiger partial charge is 0.394 e. The van der Waals surface area contributed by atoms with Crippen LogP contribution in [-0.4, -0.2) is 86.5 Å². The second kappa shape index (κ2) is 12.3. The molecule has 0 bridgehead atoms. The molecule has 1 aliphatic heterocycles. The molecule has 2 heterocycles. The summed E-state index contributed by atoms with van der Waals surface area (Å²) in [6.45, 7) is -0.667. The number of aromatic nitrogens is 3. The number of benzene rings is 2. The van der Waals surface area contributed by atoms with Gasteiger partial charge in [-0.25, -0.2) is 13.5 Å². The number of ether oxygens (including phenoxy) is 2. The Morgan fingerprint density at radius 3 is 2.64 bits per heavy atom. The number of rotatable bonds is 7. The van der Waals surface area contributed by atoms with Crippen LogP contribution in [0.1, 0.15) is 24.4 Å². The van der Waals surface area contributed by atoms with Crippen molar-refractivity contribution in [1.29, 1.82) is 5.26 Å². The molecule has 1 saturated carbocycles. The maximum Gasteiger partial charge on any atom is 0.259 e. The van der Waals surface area contributed by atoms with Crippen LogP contribution in [0.2, 0.25) is 5.02 Å². The quantitative estimate of drug-likeness (QED) is 0.323. The Hall–Kier alpha value is -3.03. The van der Waals surface area contributed by atoms with Crippen LogP contribution in [0, 0.1) is 23.0 Å². The third-order valence-corrected chi connectivity index (χ3v) is 8.27. The van der Waals surface area contributed by atoms with E-state index in [1.54, 1.807) is 12.1 Å². The first-order chi connectivity index (χ1) is 20.1.